The second-order valence-corrected chi connectivity index (χ2v) is 7.68. The van der Waals surface area contributed by atoms with Crippen molar-refractivity contribution in [3.05, 3.63) is 82.9 Å². The van der Waals surface area contributed by atoms with Crippen molar-refractivity contribution in [2.75, 3.05) is 20.1 Å². The van der Waals surface area contributed by atoms with Crippen molar-refractivity contribution in [2.45, 2.75) is 19.3 Å². The van der Waals surface area contributed by atoms with Gasteiger partial charge in [-0.25, -0.2) is 4.79 Å². The molecule has 0 bridgehead atoms. The lowest BCUT2D eigenvalue weighted by atomic mass is 9.90. The summed E-state index contributed by atoms with van der Waals surface area (Å²) in [4.78, 5) is 25.4. The van der Waals surface area contributed by atoms with Crippen LogP contribution < -0.4 is 0 Å². The summed E-state index contributed by atoms with van der Waals surface area (Å²) in [7, 11) is 2.18. The second kappa shape index (κ2) is 9.99. The van der Waals surface area contributed by atoms with Gasteiger partial charge in [-0.3, -0.25) is 4.79 Å². The van der Waals surface area contributed by atoms with Gasteiger partial charge >= 0.3 is 5.97 Å². The van der Waals surface area contributed by atoms with E-state index in [4.69, 9.17) is 5.11 Å². The van der Waals surface area contributed by atoms with E-state index in [0.29, 0.717) is 5.56 Å². The van der Waals surface area contributed by atoms with Crippen LogP contribution in [0.2, 0.25) is 0 Å². The zero-order chi connectivity index (χ0) is 20.6. The molecule has 0 aliphatic carbocycles. The second-order valence-electron chi connectivity index (χ2n) is 7.68. The summed E-state index contributed by atoms with van der Waals surface area (Å²) in [6.45, 7) is 2.34. The standard InChI is InChI=1S/C25H27NO3/c1-26-16-14-22(15-17-26)18-21-6-10-23(11-7-21)24(27)12-8-19-2-4-20(5-3-19)9-13-25(28)29/h2-13,22H,14-18H2,1H3,(H,28,29). The minimum absolute atomic E-state index is 0.0225. The maximum atomic E-state index is 12.4. The first-order chi connectivity index (χ1) is 14.0. The highest BCUT2D eigenvalue weighted by molar-refractivity contribution is 6.06. The predicted octanol–water partition coefficient (Wildman–Crippen LogP) is 4.56. The van der Waals surface area contributed by atoms with E-state index in [1.807, 2.05) is 36.4 Å². The number of ketones is 1. The monoisotopic (exact) mass is 389 g/mol. The van der Waals surface area contributed by atoms with Crippen LogP contribution in [0.3, 0.4) is 0 Å². The summed E-state index contributed by atoms with van der Waals surface area (Å²) in [5.41, 5.74) is 3.68. The molecule has 1 aliphatic rings. The van der Waals surface area contributed by atoms with Crippen molar-refractivity contribution < 1.29 is 14.7 Å². The van der Waals surface area contributed by atoms with Crippen LogP contribution in [-0.2, 0) is 11.2 Å². The van der Waals surface area contributed by atoms with E-state index >= 15 is 0 Å². The Balaban J connectivity index is 1.55. The molecule has 1 fully saturated rings. The summed E-state index contributed by atoms with van der Waals surface area (Å²) in [5.74, 6) is -0.261. The third-order valence-electron chi connectivity index (χ3n) is 5.38. The molecular formula is C25H27NO3. The lowest BCUT2D eigenvalue weighted by Gasteiger charge is -2.28. The van der Waals surface area contributed by atoms with Gasteiger partial charge in [0, 0.05) is 11.6 Å². The molecule has 4 heteroatoms. The molecule has 0 spiro atoms. The van der Waals surface area contributed by atoms with Crippen molar-refractivity contribution in [2.24, 2.45) is 5.92 Å². The highest BCUT2D eigenvalue weighted by Gasteiger charge is 2.16. The largest absolute Gasteiger partial charge is 0.478 e. The van der Waals surface area contributed by atoms with Crippen molar-refractivity contribution in [1.82, 2.24) is 4.90 Å². The van der Waals surface area contributed by atoms with Crippen molar-refractivity contribution in [3.63, 3.8) is 0 Å². The SMILES string of the molecule is CN1CCC(Cc2ccc(C(=O)C=Cc3ccc(C=CC(=O)O)cc3)cc2)CC1. The molecule has 2 aromatic carbocycles. The van der Waals surface area contributed by atoms with Gasteiger partial charge in [-0.15, -0.1) is 0 Å². The molecule has 1 N–H and O–H groups in total. The Hall–Kier alpha value is -2.98. The van der Waals surface area contributed by atoms with Crippen LogP contribution in [0, 0.1) is 5.92 Å². The number of allylic oxidation sites excluding steroid dienone is 1. The Morgan fingerprint density at radius 1 is 0.931 bits per heavy atom. The van der Waals surface area contributed by atoms with Gasteiger partial charge in [0.15, 0.2) is 5.78 Å². The van der Waals surface area contributed by atoms with Crippen molar-refractivity contribution >= 4 is 23.9 Å². The molecule has 1 aliphatic heterocycles. The number of hydrogen-bond acceptors (Lipinski definition) is 3. The fourth-order valence-corrected chi connectivity index (χ4v) is 3.56. The highest BCUT2D eigenvalue weighted by atomic mass is 16.4. The number of carbonyl (C=O) groups is 2. The van der Waals surface area contributed by atoms with Crippen LogP contribution in [0.5, 0.6) is 0 Å². The van der Waals surface area contributed by atoms with E-state index in [1.54, 1.807) is 12.2 Å². The van der Waals surface area contributed by atoms with E-state index in [1.165, 1.54) is 37.6 Å². The number of aliphatic carboxylic acids is 1. The van der Waals surface area contributed by atoms with Crippen LogP contribution in [0.15, 0.2) is 60.7 Å². The van der Waals surface area contributed by atoms with Gasteiger partial charge in [-0.05, 0) is 74.2 Å². The van der Waals surface area contributed by atoms with Gasteiger partial charge in [0.05, 0.1) is 0 Å². The summed E-state index contributed by atoms with van der Waals surface area (Å²) < 4.78 is 0. The maximum absolute atomic E-state index is 12.4. The maximum Gasteiger partial charge on any atom is 0.328 e. The van der Waals surface area contributed by atoms with Gasteiger partial charge in [-0.1, -0.05) is 54.6 Å². The van der Waals surface area contributed by atoms with Crippen LogP contribution in [0.25, 0.3) is 12.2 Å². The lowest BCUT2D eigenvalue weighted by Crippen LogP contribution is -2.30. The lowest BCUT2D eigenvalue weighted by molar-refractivity contribution is -0.131. The van der Waals surface area contributed by atoms with Crippen LogP contribution in [0.1, 0.15) is 39.9 Å². The van der Waals surface area contributed by atoms with Gasteiger partial charge in [0.1, 0.15) is 0 Å². The normalized spacial score (nSPS) is 15.9. The highest BCUT2D eigenvalue weighted by Crippen LogP contribution is 2.21. The third-order valence-corrected chi connectivity index (χ3v) is 5.38. The van der Waals surface area contributed by atoms with Gasteiger partial charge in [0.25, 0.3) is 0 Å². The summed E-state index contributed by atoms with van der Waals surface area (Å²) in [6, 6.07) is 15.3. The summed E-state index contributed by atoms with van der Waals surface area (Å²) >= 11 is 0. The number of rotatable bonds is 7. The average molecular weight is 389 g/mol. The fraction of sp³-hybridized carbons (Fsp3) is 0.280. The molecule has 2 aromatic rings. The molecule has 0 radical (unpaired) electrons. The molecule has 4 nitrogen and oxygen atoms in total. The fourth-order valence-electron chi connectivity index (χ4n) is 3.56. The molecule has 0 unspecified atom stereocenters. The van der Waals surface area contributed by atoms with Gasteiger partial charge < -0.3 is 10.0 Å². The molecule has 150 valence electrons. The van der Waals surface area contributed by atoms with E-state index in [-0.39, 0.29) is 5.78 Å². The molecule has 29 heavy (non-hydrogen) atoms. The molecule has 1 heterocycles. The van der Waals surface area contributed by atoms with E-state index in [9.17, 15) is 9.59 Å². The van der Waals surface area contributed by atoms with Gasteiger partial charge in [0.2, 0.25) is 0 Å². The zero-order valence-corrected chi connectivity index (χ0v) is 16.8. The Bertz CT molecular complexity index is 887. The predicted molar refractivity (Wildman–Crippen MR) is 117 cm³/mol. The van der Waals surface area contributed by atoms with E-state index in [2.05, 4.69) is 24.1 Å². The minimum atomic E-state index is -0.975. The Morgan fingerprint density at radius 2 is 1.48 bits per heavy atom. The molecule has 0 amide bonds. The molecule has 0 atom stereocenters. The minimum Gasteiger partial charge on any atom is -0.478 e. The first kappa shape index (κ1) is 20.7. The quantitative estimate of drug-likeness (QED) is 0.557. The van der Waals surface area contributed by atoms with Crippen LogP contribution in [0.4, 0.5) is 0 Å². The molecular weight excluding hydrogens is 362 g/mol. The first-order valence-corrected chi connectivity index (χ1v) is 10.0. The number of likely N-dealkylation sites (tertiary alicyclic amines) is 1. The average Bonchev–Trinajstić information content (AvgIpc) is 2.73. The van der Waals surface area contributed by atoms with Crippen molar-refractivity contribution in [1.29, 1.82) is 0 Å². The molecule has 0 saturated carbocycles. The number of hydrogen-bond donors (Lipinski definition) is 1. The zero-order valence-electron chi connectivity index (χ0n) is 16.8. The number of carbonyl (C=O) groups excluding carboxylic acids is 1. The molecule has 1 saturated heterocycles. The summed E-state index contributed by atoms with van der Waals surface area (Å²) in [6.07, 6.45) is 9.56. The van der Waals surface area contributed by atoms with Gasteiger partial charge in [-0.2, -0.15) is 0 Å². The number of nitrogens with zero attached hydrogens (tertiary/aromatic N) is 1. The molecule has 0 aromatic heterocycles. The summed E-state index contributed by atoms with van der Waals surface area (Å²) in [5, 5.41) is 8.65. The first-order valence-electron chi connectivity index (χ1n) is 10.0. The van der Waals surface area contributed by atoms with Crippen molar-refractivity contribution in [3.8, 4) is 0 Å². The Morgan fingerprint density at radius 3 is 2.03 bits per heavy atom. The smallest absolute Gasteiger partial charge is 0.328 e. The van der Waals surface area contributed by atoms with E-state index in [0.717, 1.165) is 29.5 Å². The molecule has 3 rings (SSSR count). The Kier molecular flexibility index (Phi) is 7.14. The third kappa shape index (κ3) is 6.54. The number of piperidine rings is 1. The number of carboxylic acid groups (broad SMARTS) is 1. The Labute approximate surface area is 172 Å². The van der Waals surface area contributed by atoms with Crippen LogP contribution >= 0.6 is 0 Å². The number of benzene rings is 2. The topological polar surface area (TPSA) is 57.6 Å². The number of carboxylic acids is 1. The van der Waals surface area contributed by atoms with Crippen LogP contribution in [-0.4, -0.2) is 41.9 Å². The van der Waals surface area contributed by atoms with E-state index < -0.39 is 5.97 Å².